The molecule has 0 aliphatic heterocycles. The monoisotopic (exact) mass is 502 g/mol. The number of para-hydroxylation sites is 1. The maximum Gasteiger partial charge on any atom is 0.229 e. The van der Waals surface area contributed by atoms with E-state index in [1.54, 1.807) is 12.1 Å². The zero-order valence-electron chi connectivity index (χ0n) is 15.8. The molecule has 8 heteroatoms. The molecule has 2 aromatic rings. The highest BCUT2D eigenvalue weighted by molar-refractivity contribution is 14.0. The molecule has 0 saturated heterocycles. The highest BCUT2D eigenvalue weighted by atomic mass is 127. The second-order valence-corrected chi connectivity index (χ2v) is 7.79. The molecule has 2 rings (SSSR count). The molecule has 0 atom stereocenters. The van der Waals surface area contributed by atoms with Crippen molar-refractivity contribution < 1.29 is 8.42 Å². The Hall–Kier alpha value is -1.81. The van der Waals surface area contributed by atoms with Gasteiger partial charge < -0.3 is 10.2 Å². The lowest BCUT2D eigenvalue weighted by Crippen LogP contribution is -2.38. The summed E-state index contributed by atoms with van der Waals surface area (Å²) in [6.07, 6.45) is 1.14. The molecule has 0 amide bonds. The zero-order valence-corrected chi connectivity index (χ0v) is 19.0. The molecular weight excluding hydrogens is 475 g/mol. The predicted octanol–water partition coefficient (Wildman–Crippen LogP) is 3.27. The fraction of sp³-hybridized carbons (Fsp3) is 0.316. The average molecular weight is 502 g/mol. The number of sulfonamides is 1. The number of hydrogen-bond donors (Lipinski definition) is 2. The molecule has 0 fully saturated rings. The Morgan fingerprint density at radius 1 is 1.07 bits per heavy atom. The quantitative estimate of drug-likeness (QED) is 0.347. The highest BCUT2D eigenvalue weighted by Crippen LogP contribution is 2.17. The van der Waals surface area contributed by atoms with E-state index < -0.39 is 10.0 Å². The van der Waals surface area contributed by atoms with Crippen LogP contribution in [0, 0.1) is 0 Å². The van der Waals surface area contributed by atoms with Crippen molar-refractivity contribution in [2.75, 3.05) is 24.6 Å². The topological polar surface area (TPSA) is 73.8 Å². The van der Waals surface area contributed by atoms with Gasteiger partial charge in [0.1, 0.15) is 0 Å². The Morgan fingerprint density at radius 3 is 2.33 bits per heavy atom. The normalized spacial score (nSPS) is 11.4. The molecule has 0 aliphatic carbocycles. The second kappa shape index (κ2) is 11.1. The summed E-state index contributed by atoms with van der Waals surface area (Å²) in [7, 11) is -1.35. The molecule has 0 aliphatic rings. The maximum atomic E-state index is 11.5. The third-order valence-corrected chi connectivity index (χ3v) is 4.26. The van der Waals surface area contributed by atoms with E-state index >= 15 is 0 Å². The van der Waals surface area contributed by atoms with Crippen LogP contribution < -0.4 is 10.0 Å². The number of halogens is 1. The number of aliphatic imine (C=N–C) groups is 1. The summed E-state index contributed by atoms with van der Waals surface area (Å²) in [5.74, 6) is 0.769. The molecule has 27 heavy (non-hydrogen) atoms. The van der Waals surface area contributed by atoms with Gasteiger partial charge in [0.15, 0.2) is 5.96 Å². The molecule has 148 valence electrons. The van der Waals surface area contributed by atoms with Crippen molar-refractivity contribution in [3.63, 3.8) is 0 Å². The number of rotatable bonds is 7. The summed E-state index contributed by atoms with van der Waals surface area (Å²) in [5.41, 5.74) is 2.57. The molecule has 0 heterocycles. The van der Waals surface area contributed by atoms with Crippen LogP contribution in [0.25, 0.3) is 0 Å². The average Bonchev–Trinajstić information content (AvgIpc) is 2.59. The van der Waals surface area contributed by atoms with Crippen molar-refractivity contribution in [3.05, 3.63) is 65.7 Å². The van der Waals surface area contributed by atoms with Crippen molar-refractivity contribution >= 4 is 45.6 Å². The van der Waals surface area contributed by atoms with E-state index in [-0.39, 0.29) is 24.0 Å². The van der Waals surface area contributed by atoms with E-state index in [0.717, 1.165) is 30.9 Å². The number of nitrogens with zero attached hydrogens (tertiary/aromatic N) is 2. The molecule has 0 radical (unpaired) electrons. The SMILES string of the molecule is CCNC(=NCc1ccccc1NS(C)(=O)=O)N(C)Cc1ccccc1.I. The molecule has 6 nitrogen and oxygen atoms in total. The molecule has 0 unspecified atom stereocenters. The van der Waals surface area contributed by atoms with E-state index in [2.05, 4.69) is 27.2 Å². The van der Waals surface area contributed by atoms with Gasteiger partial charge in [0.05, 0.1) is 18.5 Å². The second-order valence-electron chi connectivity index (χ2n) is 6.04. The van der Waals surface area contributed by atoms with Gasteiger partial charge >= 0.3 is 0 Å². The van der Waals surface area contributed by atoms with Gasteiger partial charge in [0.25, 0.3) is 0 Å². The predicted molar refractivity (Wildman–Crippen MR) is 123 cm³/mol. The molecular formula is C19H27IN4O2S. The lowest BCUT2D eigenvalue weighted by atomic mass is 10.2. The summed E-state index contributed by atoms with van der Waals surface area (Å²) in [6, 6.07) is 17.5. The van der Waals surface area contributed by atoms with Crippen LogP contribution in [-0.2, 0) is 23.1 Å². The van der Waals surface area contributed by atoms with Crippen LogP contribution in [0.1, 0.15) is 18.1 Å². The third-order valence-electron chi connectivity index (χ3n) is 3.67. The van der Waals surface area contributed by atoms with Gasteiger partial charge in [-0.1, -0.05) is 48.5 Å². The third kappa shape index (κ3) is 8.17. The largest absolute Gasteiger partial charge is 0.357 e. The lowest BCUT2D eigenvalue weighted by Gasteiger charge is -2.22. The van der Waals surface area contributed by atoms with Crippen LogP contribution in [0.5, 0.6) is 0 Å². The molecule has 0 spiro atoms. The summed E-state index contributed by atoms with van der Waals surface area (Å²) < 4.78 is 25.6. The number of guanidine groups is 1. The van der Waals surface area contributed by atoms with E-state index in [0.29, 0.717) is 12.2 Å². The van der Waals surface area contributed by atoms with Gasteiger partial charge in [-0.15, -0.1) is 24.0 Å². The van der Waals surface area contributed by atoms with Gasteiger partial charge in [-0.3, -0.25) is 4.72 Å². The minimum absolute atomic E-state index is 0. The van der Waals surface area contributed by atoms with Crippen molar-refractivity contribution in [1.29, 1.82) is 0 Å². The first-order valence-electron chi connectivity index (χ1n) is 8.48. The fourth-order valence-electron chi connectivity index (χ4n) is 2.52. The lowest BCUT2D eigenvalue weighted by molar-refractivity contribution is 0.477. The number of hydrogen-bond acceptors (Lipinski definition) is 3. The van der Waals surface area contributed by atoms with E-state index in [1.165, 1.54) is 5.56 Å². The Bertz CT molecular complexity index is 842. The summed E-state index contributed by atoms with van der Waals surface area (Å²) in [6.45, 7) is 3.88. The van der Waals surface area contributed by atoms with E-state index in [9.17, 15) is 8.42 Å². The minimum atomic E-state index is -3.33. The van der Waals surface area contributed by atoms with Crippen LogP contribution >= 0.6 is 24.0 Å². The van der Waals surface area contributed by atoms with E-state index in [4.69, 9.17) is 0 Å². The number of anilines is 1. The van der Waals surface area contributed by atoms with Crippen LogP contribution in [0.3, 0.4) is 0 Å². The van der Waals surface area contributed by atoms with Crippen LogP contribution in [0.2, 0.25) is 0 Å². The Kier molecular flexibility index (Phi) is 9.57. The zero-order chi connectivity index (χ0) is 19.0. The molecule has 0 bridgehead atoms. The summed E-state index contributed by atoms with van der Waals surface area (Å²) in [4.78, 5) is 6.71. The van der Waals surface area contributed by atoms with Gasteiger partial charge in [0, 0.05) is 20.1 Å². The van der Waals surface area contributed by atoms with Crippen molar-refractivity contribution in [3.8, 4) is 0 Å². The van der Waals surface area contributed by atoms with Crippen molar-refractivity contribution in [2.24, 2.45) is 4.99 Å². The van der Waals surface area contributed by atoms with Crippen molar-refractivity contribution in [2.45, 2.75) is 20.0 Å². The summed E-state index contributed by atoms with van der Waals surface area (Å²) >= 11 is 0. The Morgan fingerprint density at radius 2 is 1.70 bits per heavy atom. The van der Waals surface area contributed by atoms with Gasteiger partial charge in [-0.2, -0.15) is 0 Å². The van der Waals surface area contributed by atoms with Gasteiger partial charge in [0.2, 0.25) is 10.0 Å². The fourth-order valence-corrected chi connectivity index (χ4v) is 3.12. The van der Waals surface area contributed by atoms with Crippen LogP contribution in [-0.4, -0.2) is 39.1 Å². The summed E-state index contributed by atoms with van der Waals surface area (Å²) in [5, 5.41) is 3.28. The Labute approximate surface area is 179 Å². The maximum absolute atomic E-state index is 11.5. The highest BCUT2D eigenvalue weighted by Gasteiger charge is 2.09. The van der Waals surface area contributed by atoms with Gasteiger partial charge in [-0.05, 0) is 24.1 Å². The van der Waals surface area contributed by atoms with Crippen molar-refractivity contribution in [1.82, 2.24) is 10.2 Å². The molecule has 0 saturated carbocycles. The number of nitrogens with one attached hydrogen (secondary N) is 2. The molecule has 0 aromatic heterocycles. The Balaban J connectivity index is 0.00000364. The van der Waals surface area contributed by atoms with Crippen LogP contribution in [0.15, 0.2) is 59.6 Å². The van der Waals surface area contributed by atoms with Crippen LogP contribution in [0.4, 0.5) is 5.69 Å². The first kappa shape index (κ1) is 23.2. The minimum Gasteiger partial charge on any atom is -0.357 e. The standard InChI is InChI=1S/C19H26N4O2S.HI/c1-4-20-19(23(2)15-16-10-6-5-7-11-16)21-14-17-12-8-9-13-18(17)22-26(3,24)25;/h5-13,22H,4,14-15H2,1-3H3,(H,20,21);1H. The molecule has 2 N–H and O–H groups in total. The first-order valence-corrected chi connectivity index (χ1v) is 10.4. The number of benzene rings is 2. The first-order chi connectivity index (χ1) is 12.4. The van der Waals surface area contributed by atoms with E-state index in [1.807, 2.05) is 49.2 Å². The smallest absolute Gasteiger partial charge is 0.229 e. The van der Waals surface area contributed by atoms with Gasteiger partial charge in [-0.25, -0.2) is 13.4 Å². The molecule has 2 aromatic carbocycles.